The fourth-order valence-corrected chi connectivity index (χ4v) is 1.94. The van der Waals surface area contributed by atoms with E-state index in [1.54, 1.807) is 36.4 Å². The number of phenols is 1. The molecule has 0 saturated carbocycles. The van der Waals surface area contributed by atoms with Crippen molar-refractivity contribution in [1.29, 1.82) is 0 Å². The molecule has 0 spiro atoms. The van der Waals surface area contributed by atoms with Crippen molar-refractivity contribution in [3.63, 3.8) is 0 Å². The quantitative estimate of drug-likeness (QED) is 0.653. The van der Waals surface area contributed by atoms with Crippen LogP contribution in [0.4, 0.5) is 0 Å². The van der Waals surface area contributed by atoms with Gasteiger partial charge in [-0.25, -0.2) is 4.79 Å². The van der Waals surface area contributed by atoms with Gasteiger partial charge in [-0.05, 0) is 47.4 Å². The van der Waals surface area contributed by atoms with Crippen LogP contribution in [0.1, 0.15) is 36.7 Å². The number of halogens is 1. The average molecular weight is 305 g/mol. The van der Waals surface area contributed by atoms with Crippen molar-refractivity contribution in [3.8, 4) is 11.5 Å². The number of carbonyl (C=O) groups is 1. The summed E-state index contributed by atoms with van der Waals surface area (Å²) in [5.41, 5.74) is 1.25. The first-order valence-corrected chi connectivity index (χ1v) is 6.96. The smallest absolute Gasteiger partial charge is 0.343 e. The van der Waals surface area contributed by atoms with E-state index in [2.05, 4.69) is 0 Å². The zero-order chi connectivity index (χ0) is 15.6. The van der Waals surface area contributed by atoms with Gasteiger partial charge in [0.1, 0.15) is 0 Å². The largest absolute Gasteiger partial charge is 0.504 e. The molecule has 0 radical (unpaired) electrons. The predicted octanol–water partition coefficient (Wildman–Crippen LogP) is 4.56. The zero-order valence-electron chi connectivity index (χ0n) is 12.2. The van der Waals surface area contributed by atoms with Gasteiger partial charge < -0.3 is 9.84 Å². The highest BCUT2D eigenvalue weighted by molar-refractivity contribution is 6.30. The molecule has 2 aromatic carbocycles. The van der Waals surface area contributed by atoms with Crippen molar-refractivity contribution in [2.24, 2.45) is 0 Å². The van der Waals surface area contributed by atoms with E-state index in [-0.39, 0.29) is 16.9 Å². The van der Waals surface area contributed by atoms with Crippen LogP contribution in [0.15, 0.2) is 42.5 Å². The van der Waals surface area contributed by atoms with E-state index in [9.17, 15) is 9.90 Å². The molecule has 0 aliphatic carbocycles. The molecule has 2 rings (SSSR count). The van der Waals surface area contributed by atoms with Gasteiger partial charge in [0.05, 0.1) is 5.56 Å². The molecule has 2 aromatic rings. The summed E-state index contributed by atoms with van der Waals surface area (Å²) in [5, 5.41) is 10.5. The maximum atomic E-state index is 12.0. The Hall–Kier alpha value is -2.00. The summed E-state index contributed by atoms with van der Waals surface area (Å²) in [5.74, 6) is -0.446. The van der Waals surface area contributed by atoms with Crippen molar-refractivity contribution in [1.82, 2.24) is 0 Å². The second kappa shape index (κ2) is 5.78. The van der Waals surface area contributed by atoms with Gasteiger partial charge in [-0.15, -0.1) is 0 Å². The monoisotopic (exact) mass is 304 g/mol. The number of hydrogen-bond donors (Lipinski definition) is 1. The number of esters is 1. The number of phenolic OH excluding ortho intramolecular Hbond substituents is 1. The Balaban J connectivity index is 2.20. The number of carbonyl (C=O) groups excluding carboxylic acids is 1. The Morgan fingerprint density at radius 1 is 1.10 bits per heavy atom. The molecule has 0 aliphatic rings. The summed E-state index contributed by atoms with van der Waals surface area (Å²) in [4.78, 5) is 12.0. The van der Waals surface area contributed by atoms with Crippen molar-refractivity contribution < 1.29 is 14.6 Å². The summed E-state index contributed by atoms with van der Waals surface area (Å²) in [7, 11) is 0. The highest BCUT2D eigenvalue weighted by Gasteiger charge is 2.17. The predicted molar refractivity (Wildman–Crippen MR) is 83.2 cm³/mol. The highest BCUT2D eigenvalue weighted by atomic mass is 35.5. The Bertz CT molecular complexity index is 655. The molecule has 0 unspecified atom stereocenters. The third kappa shape index (κ3) is 3.76. The van der Waals surface area contributed by atoms with Crippen molar-refractivity contribution in [2.45, 2.75) is 26.2 Å². The lowest BCUT2D eigenvalue weighted by atomic mass is 9.87. The van der Waals surface area contributed by atoms with E-state index < -0.39 is 5.97 Å². The maximum Gasteiger partial charge on any atom is 0.343 e. The molecular formula is C17H17ClO3. The number of rotatable bonds is 2. The van der Waals surface area contributed by atoms with Gasteiger partial charge in [0.15, 0.2) is 11.5 Å². The van der Waals surface area contributed by atoms with Gasteiger partial charge in [-0.1, -0.05) is 38.4 Å². The molecule has 0 aromatic heterocycles. The van der Waals surface area contributed by atoms with Gasteiger partial charge in [0.2, 0.25) is 0 Å². The number of ether oxygens (including phenoxy) is 1. The molecule has 110 valence electrons. The summed E-state index contributed by atoms with van der Waals surface area (Å²) in [6.07, 6.45) is 0. The number of hydrogen-bond acceptors (Lipinski definition) is 3. The maximum absolute atomic E-state index is 12.0. The molecule has 0 heterocycles. The van der Waals surface area contributed by atoms with E-state index in [1.807, 2.05) is 26.8 Å². The standard InChI is InChI=1S/C17H17ClO3/c1-17(2,3)12-6-9-15(14(19)10-12)21-16(20)11-4-7-13(18)8-5-11/h4-10,19H,1-3H3. The average Bonchev–Trinajstić information content (AvgIpc) is 2.40. The highest BCUT2D eigenvalue weighted by Crippen LogP contribution is 2.32. The second-order valence-corrected chi connectivity index (χ2v) is 6.27. The molecule has 0 amide bonds. The summed E-state index contributed by atoms with van der Waals surface area (Å²) >= 11 is 5.77. The Morgan fingerprint density at radius 3 is 2.24 bits per heavy atom. The minimum absolute atomic E-state index is 0.0512. The first-order valence-electron chi connectivity index (χ1n) is 6.58. The van der Waals surface area contributed by atoms with E-state index in [1.165, 1.54) is 0 Å². The van der Waals surface area contributed by atoms with Crippen molar-refractivity contribution >= 4 is 17.6 Å². The van der Waals surface area contributed by atoms with Gasteiger partial charge in [0.25, 0.3) is 0 Å². The van der Waals surface area contributed by atoms with Crippen molar-refractivity contribution in [2.75, 3.05) is 0 Å². The first kappa shape index (κ1) is 15.4. The van der Waals surface area contributed by atoms with E-state index >= 15 is 0 Å². The van der Waals surface area contributed by atoms with Gasteiger partial charge >= 0.3 is 5.97 Å². The zero-order valence-corrected chi connectivity index (χ0v) is 12.9. The fourth-order valence-electron chi connectivity index (χ4n) is 1.81. The van der Waals surface area contributed by atoms with Crippen LogP contribution in [0.2, 0.25) is 5.02 Å². The third-order valence-corrected chi connectivity index (χ3v) is 3.36. The lowest BCUT2D eigenvalue weighted by molar-refractivity contribution is 0.0729. The van der Waals surface area contributed by atoms with Gasteiger partial charge in [-0.3, -0.25) is 0 Å². The molecule has 0 bridgehead atoms. The van der Waals surface area contributed by atoms with Crippen LogP contribution in [-0.2, 0) is 5.41 Å². The normalized spacial score (nSPS) is 11.2. The molecule has 1 N–H and O–H groups in total. The van der Waals surface area contributed by atoms with Crippen LogP contribution in [0, 0.1) is 0 Å². The Morgan fingerprint density at radius 2 is 1.71 bits per heavy atom. The molecule has 0 atom stereocenters. The topological polar surface area (TPSA) is 46.5 Å². The lowest BCUT2D eigenvalue weighted by Crippen LogP contribution is -2.12. The van der Waals surface area contributed by atoms with E-state index in [0.717, 1.165) is 5.56 Å². The van der Waals surface area contributed by atoms with Crippen LogP contribution in [-0.4, -0.2) is 11.1 Å². The van der Waals surface area contributed by atoms with Crippen LogP contribution < -0.4 is 4.74 Å². The van der Waals surface area contributed by atoms with Crippen molar-refractivity contribution in [3.05, 3.63) is 58.6 Å². The van der Waals surface area contributed by atoms with Gasteiger partial charge in [0, 0.05) is 5.02 Å². The Kier molecular flexibility index (Phi) is 4.24. The van der Waals surface area contributed by atoms with Crippen LogP contribution >= 0.6 is 11.6 Å². The van der Waals surface area contributed by atoms with Crippen LogP contribution in [0.25, 0.3) is 0 Å². The van der Waals surface area contributed by atoms with E-state index in [0.29, 0.717) is 10.6 Å². The minimum atomic E-state index is -0.537. The SMILES string of the molecule is CC(C)(C)c1ccc(OC(=O)c2ccc(Cl)cc2)c(O)c1. The lowest BCUT2D eigenvalue weighted by Gasteiger charge is -2.19. The molecule has 3 nitrogen and oxygen atoms in total. The van der Waals surface area contributed by atoms with Crippen LogP contribution in [0.5, 0.6) is 11.5 Å². The number of aromatic hydroxyl groups is 1. The number of benzene rings is 2. The van der Waals surface area contributed by atoms with Crippen LogP contribution in [0.3, 0.4) is 0 Å². The second-order valence-electron chi connectivity index (χ2n) is 5.83. The first-order chi connectivity index (χ1) is 9.77. The van der Waals surface area contributed by atoms with E-state index in [4.69, 9.17) is 16.3 Å². The Labute approximate surface area is 129 Å². The molecule has 4 heteroatoms. The summed E-state index contributed by atoms with van der Waals surface area (Å²) < 4.78 is 5.21. The fraction of sp³-hybridized carbons (Fsp3) is 0.235. The summed E-state index contributed by atoms with van der Waals surface area (Å²) in [6.45, 7) is 6.13. The molecular weight excluding hydrogens is 288 g/mol. The molecule has 0 fully saturated rings. The molecule has 0 saturated heterocycles. The molecule has 0 aliphatic heterocycles. The summed E-state index contributed by atoms with van der Waals surface area (Å²) in [6, 6.07) is 11.4. The van der Waals surface area contributed by atoms with Gasteiger partial charge in [-0.2, -0.15) is 0 Å². The minimum Gasteiger partial charge on any atom is -0.504 e. The molecule has 21 heavy (non-hydrogen) atoms. The third-order valence-electron chi connectivity index (χ3n) is 3.11.